The van der Waals surface area contributed by atoms with Crippen LogP contribution in [-0.4, -0.2) is 36.5 Å². The maximum Gasteiger partial charge on any atom is 0.220 e. The molecule has 1 saturated carbocycles. The summed E-state index contributed by atoms with van der Waals surface area (Å²) in [6.07, 6.45) is 10.6. The zero-order valence-electron chi connectivity index (χ0n) is 13.0. The molecule has 0 bridgehead atoms. The number of amides is 1. The molecule has 1 amide bonds. The Morgan fingerprint density at radius 2 is 2.15 bits per heavy atom. The van der Waals surface area contributed by atoms with Crippen LogP contribution in [-0.2, 0) is 4.79 Å². The van der Waals surface area contributed by atoms with Crippen molar-refractivity contribution in [1.82, 2.24) is 10.6 Å². The molecular formula is C16H30N2OS. The first-order valence-corrected chi connectivity index (χ1v) is 9.40. The fraction of sp³-hybridized carbons (Fsp3) is 0.938. The van der Waals surface area contributed by atoms with Gasteiger partial charge in [0.15, 0.2) is 0 Å². The SMILES string of the molecule is CSC1(CNC(=O)CC(C)C2CCCNC2)CCCC1. The Morgan fingerprint density at radius 1 is 1.40 bits per heavy atom. The maximum absolute atomic E-state index is 12.2. The highest BCUT2D eigenvalue weighted by Gasteiger charge is 2.33. The van der Waals surface area contributed by atoms with Gasteiger partial charge < -0.3 is 10.6 Å². The van der Waals surface area contributed by atoms with Crippen LogP contribution in [0.5, 0.6) is 0 Å². The van der Waals surface area contributed by atoms with E-state index in [2.05, 4.69) is 23.8 Å². The second kappa shape index (κ2) is 7.69. The Kier molecular flexibility index (Phi) is 6.21. The van der Waals surface area contributed by atoms with Gasteiger partial charge in [-0.15, -0.1) is 0 Å². The first-order valence-electron chi connectivity index (χ1n) is 8.18. The molecule has 2 aliphatic rings. The molecule has 1 saturated heterocycles. The highest BCUT2D eigenvalue weighted by atomic mass is 32.2. The van der Waals surface area contributed by atoms with E-state index in [1.807, 2.05) is 11.8 Å². The molecule has 0 aromatic carbocycles. The molecule has 4 heteroatoms. The van der Waals surface area contributed by atoms with Crippen LogP contribution < -0.4 is 10.6 Å². The van der Waals surface area contributed by atoms with Gasteiger partial charge in [0.05, 0.1) is 0 Å². The number of piperidine rings is 1. The summed E-state index contributed by atoms with van der Waals surface area (Å²) >= 11 is 1.94. The normalized spacial score (nSPS) is 27.2. The topological polar surface area (TPSA) is 41.1 Å². The molecule has 20 heavy (non-hydrogen) atoms. The molecule has 0 spiro atoms. The minimum Gasteiger partial charge on any atom is -0.355 e. The lowest BCUT2D eigenvalue weighted by Crippen LogP contribution is -2.40. The minimum atomic E-state index is 0.253. The Balaban J connectivity index is 1.71. The molecule has 2 rings (SSSR count). The van der Waals surface area contributed by atoms with Gasteiger partial charge >= 0.3 is 0 Å². The van der Waals surface area contributed by atoms with Crippen LogP contribution in [0.2, 0.25) is 0 Å². The zero-order valence-corrected chi connectivity index (χ0v) is 13.9. The lowest BCUT2D eigenvalue weighted by molar-refractivity contribution is -0.122. The van der Waals surface area contributed by atoms with Crippen molar-refractivity contribution < 1.29 is 4.79 Å². The number of carbonyl (C=O) groups excluding carboxylic acids is 1. The summed E-state index contributed by atoms with van der Waals surface area (Å²) in [5.74, 6) is 1.43. The van der Waals surface area contributed by atoms with Crippen molar-refractivity contribution in [2.45, 2.75) is 56.6 Å². The van der Waals surface area contributed by atoms with Crippen LogP contribution in [0, 0.1) is 11.8 Å². The van der Waals surface area contributed by atoms with E-state index >= 15 is 0 Å². The van der Waals surface area contributed by atoms with Crippen LogP contribution in [0.25, 0.3) is 0 Å². The molecule has 2 unspecified atom stereocenters. The van der Waals surface area contributed by atoms with Crippen molar-refractivity contribution in [2.24, 2.45) is 11.8 Å². The van der Waals surface area contributed by atoms with Crippen LogP contribution in [0.1, 0.15) is 51.9 Å². The number of hydrogen-bond acceptors (Lipinski definition) is 3. The van der Waals surface area contributed by atoms with E-state index in [1.165, 1.54) is 38.5 Å². The molecule has 1 aliphatic carbocycles. The zero-order chi connectivity index (χ0) is 14.4. The van der Waals surface area contributed by atoms with Gasteiger partial charge in [0.2, 0.25) is 5.91 Å². The molecule has 0 aromatic rings. The molecule has 2 N–H and O–H groups in total. The number of rotatable bonds is 6. The van der Waals surface area contributed by atoms with Crippen molar-refractivity contribution in [1.29, 1.82) is 0 Å². The van der Waals surface area contributed by atoms with Gasteiger partial charge in [0.1, 0.15) is 0 Å². The van der Waals surface area contributed by atoms with E-state index in [4.69, 9.17) is 0 Å². The average molecular weight is 298 g/mol. The number of thioether (sulfide) groups is 1. The van der Waals surface area contributed by atoms with Crippen molar-refractivity contribution in [3.63, 3.8) is 0 Å². The Morgan fingerprint density at radius 3 is 2.75 bits per heavy atom. The largest absolute Gasteiger partial charge is 0.355 e. The van der Waals surface area contributed by atoms with Gasteiger partial charge in [-0.05, 0) is 56.9 Å². The third kappa shape index (κ3) is 4.39. The highest BCUT2D eigenvalue weighted by molar-refractivity contribution is 8.00. The van der Waals surface area contributed by atoms with E-state index < -0.39 is 0 Å². The quantitative estimate of drug-likeness (QED) is 0.792. The second-order valence-electron chi connectivity index (χ2n) is 6.66. The van der Waals surface area contributed by atoms with Gasteiger partial charge in [-0.25, -0.2) is 0 Å². The number of nitrogens with one attached hydrogen (secondary N) is 2. The van der Waals surface area contributed by atoms with Crippen molar-refractivity contribution in [2.75, 3.05) is 25.9 Å². The third-order valence-electron chi connectivity index (χ3n) is 5.20. The van der Waals surface area contributed by atoms with Crippen molar-refractivity contribution in [3.8, 4) is 0 Å². The van der Waals surface area contributed by atoms with Gasteiger partial charge in [0, 0.05) is 17.7 Å². The summed E-state index contributed by atoms with van der Waals surface area (Å²) < 4.78 is 0.325. The molecule has 3 nitrogen and oxygen atoms in total. The van der Waals surface area contributed by atoms with Gasteiger partial charge in [0.25, 0.3) is 0 Å². The van der Waals surface area contributed by atoms with Gasteiger partial charge in [-0.1, -0.05) is 19.8 Å². The first-order chi connectivity index (χ1) is 9.65. The molecule has 2 fully saturated rings. The summed E-state index contributed by atoms with van der Waals surface area (Å²) in [4.78, 5) is 12.2. The van der Waals surface area contributed by atoms with E-state index in [1.54, 1.807) is 0 Å². The standard InChI is InChI=1S/C16H30N2OS/c1-13(14-6-5-9-17-11-14)10-15(19)18-12-16(20-2)7-3-4-8-16/h13-14,17H,3-12H2,1-2H3,(H,18,19). The Hall–Kier alpha value is -0.220. The highest BCUT2D eigenvalue weighted by Crippen LogP contribution is 2.39. The Labute approximate surface area is 128 Å². The smallest absolute Gasteiger partial charge is 0.220 e. The van der Waals surface area contributed by atoms with E-state index in [9.17, 15) is 4.79 Å². The first kappa shape index (κ1) is 16.2. The van der Waals surface area contributed by atoms with Gasteiger partial charge in [-0.3, -0.25) is 4.79 Å². The van der Waals surface area contributed by atoms with Gasteiger partial charge in [-0.2, -0.15) is 11.8 Å². The summed E-state index contributed by atoms with van der Waals surface area (Å²) in [5.41, 5.74) is 0. The fourth-order valence-corrected chi connectivity index (χ4v) is 4.54. The van der Waals surface area contributed by atoms with Crippen molar-refractivity contribution >= 4 is 17.7 Å². The molecule has 2 atom stereocenters. The lowest BCUT2D eigenvalue weighted by Gasteiger charge is -2.29. The van der Waals surface area contributed by atoms with Crippen LogP contribution in [0.15, 0.2) is 0 Å². The molecule has 1 aliphatic heterocycles. The van der Waals surface area contributed by atoms with E-state index in [-0.39, 0.29) is 5.91 Å². The molecule has 116 valence electrons. The van der Waals surface area contributed by atoms with Crippen LogP contribution >= 0.6 is 11.8 Å². The second-order valence-corrected chi connectivity index (χ2v) is 7.93. The predicted molar refractivity (Wildman–Crippen MR) is 87.1 cm³/mol. The summed E-state index contributed by atoms with van der Waals surface area (Å²) in [5, 5.41) is 6.65. The molecule has 0 aromatic heterocycles. The number of carbonyl (C=O) groups is 1. The molecular weight excluding hydrogens is 268 g/mol. The predicted octanol–water partition coefficient (Wildman–Crippen LogP) is 2.80. The Bertz CT molecular complexity index is 310. The summed E-state index contributed by atoms with van der Waals surface area (Å²) in [6, 6.07) is 0. The van der Waals surface area contributed by atoms with Crippen LogP contribution in [0.4, 0.5) is 0 Å². The summed E-state index contributed by atoms with van der Waals surface area (Å²) in [7, 11) is 0. The average Bonchev–Trinajstić information content (AvgIpc) is 2.95. The van der Waals surface area contributed by atoms with E-state index in [0.717, 1.165) is 19.6 Å². The van der Waals surface area contributed by atoms with E-state index in [0.29, 0.717) is 23.0 Å². The third-order valence-corrected chi connectivity index (χ3v) is 6.62. The maximum atomic E-state index is 12.2. The summed E-state index contributed by atoms with van der Waals surface area (Å²) in [6.45, 7) is 5.33. The minimum absolute atomic E-state index is 0.253. The molecule has 0 radical (unpaired) electrons. The fourth-order valence-electron chi connectivity index (χ4n) is 3.63. The number of hydrogen-bond donors (Lipinski definition) is 2. The molecule has 1 heterocycles. The van der Waals surface area contributed by atoms with Crippen molar-refractivity contribution in [3.05, 3.63) is 0 Å². The van der Waals surface area contributed by atoms with Crippen LogP contribution in [0.3, 0.4) is 0 Å². The lowest BCUT2D eigenvalue weighted by atomic mass is 9.85. The monoisotopic (exact) mass is 298 g/mol.